The third-order valence-electron chi connectivity index (χ3n) is 3.96. The molecule has 0 fully saturated rings. The Hall–Kier alpha value is -2.54. The zero-order valence-corrected chi connectivity index (χ0v) is 17.0. The quantitative estimate of drug-likeness (QED) is 0.415. The smallest absolute Gasteiger partial charge is 0.345 e. The van der Waals surface area contributed by atoms with Gasteiger partial charge in [0, 0.05) is 12.1 Å². The van der Waals surface area contributed by atoms with Gasteiger partial charge < -0.3 is 4.74 Å². The number of benzene rings is 3. The van der Waals surface area contributed by atoms with Crippen molar-refractivity contribution in [1.82, 2.24) is 0 Å². The topological polar surface area (TPSA) is 63.7 Å². The first-order chi connectivity index (χ1) is 13.3. The molecule has 28 heavy (non-hydrogen) atoms. The van der Waals surface area contributed by atoms with E-state index in [1.807, 2.05) is 0 Å². The molecule has 0 aromatic heterocycles. The van der Waals surface area contributed by atoms with Gasteiger partial charge in [-0.25, -0.2) is 13.2 Å². The monoisotopic (exact) mass is 435 g/mol. The van der Waals surface area contributed by atoms with Crippen LogP contribution in [-0.4, -0.2) is 21.4 Å². The Morgan fingerprint density at radius 1 is 0.929 bits per heavy atom. The molecule has 3 aromatic carbocycles. The Bertz CT molecular complexity index is 1100. The molecule has 0 heterocycles. The first-order valence-electron chi connectivity index (χ1n) is 8.10. The average molecular weight is 436 g/mol. The Morgan fingerprint density at radius 2 is 1.57 bits per heavy atom. The number of nitrogens with zero attached hydrogens (tertiary/aromatic N) is 1. The van der Waals surface area contributed by atoms with Crippen LogP contribution in [0.2, 0.25) is 10.0 Å². The van der Waals surface area contributed by atoms with Gasteiger partial charge in [0.05, 0.1) is 21.2 Å². The number of hydrogen-bond donors (Lipinski definition) is 0. The number of anilines is 1. The lowest BCUT2D eigenvalue weighted by Crippen LogP contribution is -2.26. The lowest BCUT2D eigenvalue weighted by atomic mass is 10.2. The highest BCUT2D eigenvalue weighted by Crippen LogP contribution is 2.27. The summed E-state index contributed by atoms with van der Waals surface area (Å²) in [6.07, 6.45) is 0. The van der Waals surface area contributed by atoms with Crippen LogP contribution in [0.3, 0.4) is 0 Å². The summed E-state index contributed by atoms with van der Waals surface area (Å²) in [7, 11) is -2.46. The predicted octanol–water partition coefficient (Wildman–Crippen LogP) is 5.04. The number of ether oxygens (including phenoxy) is 1. The van der Waals surface area contributed by atoms with Gasteiger partial charge in [0.1, 0.15) is 5.75 Å². The zero-order valence-electron chi connectivity index (χ0n) is 14.7. The van der Waals surface area contributed by atoms with E-state index in [0.29, 0.717) is 10.7 Å². The van der Waals surface area contributed by atoms with Crippen LogP contribution < -0.4 is 9.04 Å². The van der Waals surface area contributed by atoms with Crippen LogP contribution in [0, 0.1) is 0 Å². The fraction of sp³-hybridized carbons (Fsp3) is 0.0500. The number of halogens is 2. The minimum atomic E-state index is -3.89. The van der Waals surface area contributed by atoms with Crippen molar-refractivity contribution in [3.63, 3.8) is 0 Å². The van der Waals surface area contributed by atoms with Crippen LogP contribution in [0.15, 0.2) is 77.7 Å². The van der Waals surface area contributed by atoms with E-state index in [9.17, 15) is 13.2 Å². The minimum absolute atomic E-state index is 0.0563. The van der Waals surface area contributed by atoms with Gasteiger partial charge in [-0.15, -0.1) is 0 Å². The van der Waals surface area contributed by atoms with E-state index in [2.05, 4.69) is 0 Å². The van der Waals surface area contributed by atoms with E-state index in [0.717, 1.165) is 4.31 Å². The van der Waals surface area contributed by atoms with Crippen molar-refractivity contribution in [2.45, 2.75) is 4.90 Å². The Morgan fingerprint density at radius 3 is 2.21 bits per heavy atom. The molecule has 0 saturated heterocycles. The molecule has 0 atom stereocenters. The maximum atomic E-state index is 12.9. The number of rotatable bonds is 5. The lowest BCUT2D eigenvalue weighted by Gasteiger charge is -2.20. The number of esters is 1. The van der Waals surface area contributed by atoms with Crippen LogP contribution in [0.4, 0.5) is 5.69 Å². The third kappa shape index (κ3) is 4.30. The summed E-state index contributed by atoms with van der Waals surface area (Å²) in [5.74, 6) is -0.508. The molecular weight excluding hydrogens is 421 g/mol. The molecule has 0 unspecified atom stereocenters. The second-order valence-electron chi connectivity index (χ2n) is 5.79. The van der Waals surface area contributed by atoms with Gasteiger partial charge in [-0.2, -0.15) is 0 Å². The molecule has 144 valence electrons. The molecule has 0 aliphatic heterocycles. The van der Waals surface area contributed by atoms with E-state index in [4.69, 9.17) is 27.9 Å². The molecule has 8 heteroatoms. The van der Waals surface area contributed by atoms with Crippen molar-refractivity contribution in [1.29, 1.82) is 0 Å². The highest BCUT2D eigenvalue weighted by molar-refractivity contribution is 7.92. The first-order valence-corrected chi connectivity index (χ1v) is 10.3. The Balaban J connectivity index is 1.92. The summed E-state index contributed by atoms with van der Waals surface area (Å²) in [5, 5.41) is 0.579. The first kappa shape index (κ1) is 20.2. The highest BCUT2D eigenvalue weighted by atomic mass is 35.5. The summed E-state index contributed by atoms with van der Waals surface area (Å²) in [4.78, 5) is 12.4. The van der Waals surface area contributed by atoms with Gasteiger partial charge in [0.25, 0.3) is 10.0 Å². The molecule has 0 radical (unpaired) electrons. The molecule has 0 spiro atoms. The Labute approximate surface area is 173 Å². The van der Waals surface area contributed by atoms with Crippen molar-refractivity contribution in [2.75, 3.05) is 11.4 Å². The molecule has 3 aromatic rings. The summed E-state index contributed by atoms with van der Waals surface area (Å²) in [6, 6.07) is 18.7. The largest absolute Gasteiger partial charge is 0.423 e. The summed E-state index contributed by atoms with van der Waals surface area (Å²) in [5.41, 5.74) is 0.432. The van der Waals surface area contributed by atoms with Crippen molar-refractivity contribution in [3.05, 3.63) is 88.4 Å². The zero-order chi connectivity index (χ0) is 20.3. The normalized spacial score (nSPS) is 11.1. The maximum Gasteiger partial charge on any atom is 0.345 e. The Kier molecular flexibility index (Phi) is 5.93. The number of hydrogen-bond acceptors (Lipinski definition) is 4. The molecular formula is C20H15Cl2NO4S. The molecule has 3 rings (SSSR count). The van der Waals surface area contributed by atoms with Gasteiger partial charge in [-0.3, -0.25) is 4.31 Å². The van der Waals surface area contributed by atoms with E-state index in [-0.39, 0.29) is 21.2 Å². The molecule has 0 bridgehead atoms. The lowest BCUT2D eigenvalue weighted by molar-refractivity contribution is 0.0734. The number of para-hydroxylation sites is 1. The fourth-order valence-corrected chi connectivity index (χ4v) is 3.96. The molecule has 0 saturated carbocycles. The second kappa shape index (κ2) is 8.22. The standard InChI is InChI=1S/C20H15Cl2NO4S/c1-23(15-5-3-2-4-6-15)28(25,26)17-11-12-19(22)18(13-17)20(24)27-16-9-7-14(21)8-10-16/h2-13H,1H3. The predicted molar refractivity (Wildman–Crippen MR) is 110 cm³/mol. The van der Waals surface area contributed by atoms with Crippen molar-refractivity contribution in [3.8, 4) is 5.75 Å². The number of carbonyl (C=O) groups excluding carboxylic acids is 1. The SMILES string of the molecule is CN(c1ccccc1)S(=O)(=O)c1ccc(Cl)c(C(=O)Oc2ccc(Cl)cc2)c1. The summed E-state index contributed by atoms with van der Waals surface area (Å²) in [6.45, 7) is 0. The average Bonchev–Trinajstić information content (AvgIpc) is 2.70. The van der Waals surface area contributed by atoms with Crippen LogP contribution in [0.1, 0.15) is 10.4 Å². The third-order valence-corrected chi connectivity index (χ3v) is 6.32. The van der Waals surface area contributed by atoms with Crippen LogP contribution in [0.5, 0.6) is 5.75 Å². The maximum absolute atomic E-state index is 12.9. The molecule has 0 amide bonds. The van der Waals surface area contributed by atoms with Gasteiger partial charge in [-0.05, 0) is 54.6 Å². The van der Waals surface area contributed by atoms with Crippen LogP contribution in [0.25, 0.3) is 0 Å². The molecule has 5 nitrogen and oxygen atoms in total. The van der Waals surface area contributed by atoms with Gasteiger partial charge >= 0.3 is 5.97 Å². The van der Waals surface area contributed by atoms with E-state index >= 15 is 0 Å². The van der Waals surface area contributed by atoms with Gasteiger partial charge in [0.15, 0.2) is 0 Å². The molecule has 0 aliphatic rings. The van der Waals surface area contributed by atoms with Crippen LogP contribution in [-0.2, 0) is 10.0 Å². The molecule has 0 N–H and O–H groups in total. The molecule has 0 aliphatic carbocycles. The van der Waals surface area contributed by atoms with Crippen molar-refractivity contribution in [2.24, 2.45) is 0 Å². The highest BCUT2D eigenvalue weighted by Gasteiger charge is 2.24. The van der Waals surface area contributed by atoms with E-state index < -0.39 is 16.0 Å². The van der Waals surface area contributed by atoms with Gasteiger partial charge in [-0.1, -0.05) is 41.4 Å². The van der Waals surface area contributed by atoms with Gasteiger partial charge in [0.2, 0.25) is 0 Å². The van der Waals surface area contributed by atoms with Crippen molar-refractivity contribution < 1.29 is 17.9 Å². The summed E-state index contributed by atoms with van der Waals surface area (Å²) < 4.78 is 32.2. The number of carbonyl (C=O) groups is 1. The number of sulfonamides is 1. The van der Waals surface area contributed by atoms with Crippen molar-refractivity contribution >= 4 is 44.9 Å². The van der Waals surface area contributed by atoms with E-state index in [1.54, 1.807) is 42.5 Å². The minimum Gasteiger partial charge on any atom is -0.423 e. The fourth-order valence-electron chi connectivity index (χ4n) is 2.42. The summed E-state index contributed by atoms with van der Waals surface area (Å²) >= 11 is 11.9. The van der Waals surface area contributed by atoms with E-state index in [1.165, 1.54) is 37.4 Å². The second-order valence-corrected chi connectivity index (χ2v) is 8.61. The van der Waals surface area contributed by atoms with Crippen LogP contribution >= 0.6 is 23.2 Å².